The Bertz CT molecular complexity index is 1230. The lowest BCUT2D eigenvalue weighted by Crippen LogP contribution is -2.55. The lowest BCUT2D eigenvalue weighted by molar-refractivity contribution is -0.231. The van der Waals surface area contributed by atoms with Gasteiger partial charge in [0.05, 0.1) is 18.7 Å². The maximum atomic E-state index is 13.0. The van der Waals surface area contributed by atoms with Crippen LogP contribution in [0.4, 0.5) is 13.2 Å². The Kier molecular flexibility index (Phi) is 6.24. The smallest absolute Gasteiger partial charge is 0.394 e. The second-order valence-electron chi connectivity index (χ2n) is 7.68. The van der Waals surface area contributed by atoms with E-state index in [-0.39, 0.29) is 17.2 Å². The molecule has 3 heterocycles. The number of aliphatic hydroxyl groups excluding tert-OH is 4. The number of aromatic nitrogens is 3. The van der Waals surface area contributed by atoms with E-state index in [1.807, 2.05) is 0 Å². The van der Waals surface area contributed by atoms with Crippen LogP contribution in [0.5, 0.6) is 0 Å². The van der Waals surface area contributed by atoms with E-state index < -0.39 is 54.6 Å². The van der Waals surface area contributed by atoms with Crippen LogP contribution in [0.25, 0.3) is 5.65 Å². The van der Waals surface area contributed by atoms with Gasteiger partial charge in [0.25, 0.3) is 0 Å². The van der Waals surface area contributed by atoms with E-state index in [0.29, 0.717) is 17.3 Å². The van der Waals surface area contributed by atoms with Crippen molar-refractivity contribution < 1.29 is 38.3 Å². The zero-order valence-corrected chi connectivity index (χ0v) is 17.5. The van der Waals surface area contributed by atoms with Crippen LogP contribution in [0, 0.1) is 0 Å². The number of pyridine rings is 1. The topological polar surface area (TPSA) is 129 Å². The van der Waals surface area contributed by atoms with Crippen LogP contribution in [-0.2, 0) is 17.5 Å². The maximum Gasteiger partial charge on any atom is 0.417 e. The highest BCUT2D eigenvalue weighted by molar-refractivity contribution is 6.31. The molecule has 0 bridgehead atoms. The average molecular weight is 490 g/mol. The first-order valence-corrected chi connectivity index (χ1v) is 10.1. The molecule has 1 aromatic carbocycles. The number of rotatable bonds is 4. The van der Waals surface area contributed by atoms with Crippen LogP contribution < -0.4 is 5.69 Å². The van der Waals surface area contributed by atoms with Crippen LogP contribution in [0.15, 0.2) is 41.3 Å². The van der Waals surface area contributed by atoms with Gasteiger partial charge in [0.1, 0.15) is 30.5 Å². The molecule has 13 heteroatoms. The Morgan fingerprint density at radius 1 is 1.09 bits per heavy atom. The summed E-state index contributed by atoms with van der Waals surface area (Å²) < 4.78 is 46.2. The molecule has 1 aliphatic rings. The Hall–Kier alpha value is -2.48. The summed E-state index contributed by atoms with van der Waals surface area (Å²) in [5.41, 5.74) is -1.13. The van der Waals surface area contributed by atoms with E-state index >= 15 is 0 Å². The van der Waals surface area contributed by atoms with Gasteiger partial charge in [-0.1, -0.05) is 17.7 Å². The first-order chi connectivity index (χ1) is 15.5. The molecular formula is C20H19ClF3N3O6. The van der Waals surface area contributed by atoms with Gasteiger partial charge < -0.3 is 25.2 Å². The normalized spacial score (nSPS) is 26.1. The fourth-order valence-electron chi connectivity index (χ4n) is 3.72. The highest BCUT2D eigenvalue weighted by atomic mass is 35.5. The summed E-state index contributed by atoms with van der Waals surface area (Å²) in [5.74, 6) is 0. The lowest BCUT2D eigenvalue weighted by Gasteiger charge is -2.40. The van der Waals surface area contributed by atoms with Crippen molar-refractivity contribution in [2.45, 2.75) is 43.2 Å². The first kappa shape index (κ1) is 23.7. The van der Waals surface area contributed by atoms with Crippen molar-refractivity contribution in [3.63, 3.8) is 0 Å². The predicted molar refractivity (Wildman–Crippen MR) is 108 cm³/mol. The van der Waals surface area contributed by atoms with Gasteiger partial charge in [-0.2, -0.15) is 13.2 Å². The third-order valence-corrected chi connectivity index (χ3v) is 5.88. The number of hydrogen-bond acceptors (Lipinski definition) is 7. The van der Waals surface area contributed by atoms with Crippen molar-refractivity contribution in [1.82, 2.24) is 14.2 Å². The Labute approximate surface area is 188 Å². The Morgan fingerprint density at radius 2 is 1.82 bits per heavy atom. The number of hydrogen-bond donors (Lipinski definition) is 4. The molecule has 0 radical (unpaired) electrons. The number of ether oxygens (including phenoxy) is 1. The summed E-state index contributed by atoms with van der Waals surface area (Å²) in [5, 5.41) is 43.9. The minimum atomic E-state index is -4.63. The van der Waals surface area contributed by atoms with Gasteiger partial charge in [-0.15, -0.1) is 5.10 Å². The van der Waals surface area contributed by atoms with E-state index in [1.54, 1.807) is 0 Å². The summed E-state index contributed by atoms with van der Waals surface area (Å²) in [4.78, 5) is 12.6. The largest absolute Gasteiger partial charge is 0.417 e. The van der Waals surface area contributed by atoms with Crippen molar-refractivity contribution in [3.05, 3.63) is 68.7 Å². The molecule has 178 valence electrons. The molecule has 33 heavy (non-hydrogen) atoms. The minimum Gasteiger partial charge on any atom is -0.394 e. The third kappa shape index (κ3) is 4.37. The predicted octanol–water partition coefficient (Wildman–Crippen LogP) is 0.731. The van der Waals surface area contributed by atoms with Gasteiger partial charge in [-0.3, -0.25) is 0 Å². The Morgan fingerprint density at radius 3 is 2.48 bits per heavy atom. The highest BCUT2D eigenvalue weighted by Gasteiger charge is 2.44. The van der Waals surface area contributed by atoms with Crippen molar-refractivity contribution in [2.75, 3.05) is 6.61 Å². The zero-order chi connectivity index (χ0) is 24.1. The fourth-order valence-corrected chi connectivity index (χ4v) is 3.90. The molecule has 0 aliphatic carbocycles. The number of alkyl halides is 3. The Balaban J connectivity index is 1.67. The van der Waals surface area contributed by atoms with Gasteiger partial charge in [0.15, 0.2) is 5.65 Å². The third-order valence-electron chi connectivity index (χ3n) is 5.52. The van der Waals surface area contributed by atoms with Crippen molar-refractivity contribution >= 4 is 17.2 Å². The lowest BCUT2D eigenvalue weighted by atomic mass is 9.90. The van der Waals surface area contributed by atoms with Gasteiger partial charge in [0.2, 0.25) is 0 Å². The van der Waals surface area contributed by atoms with E-state index in [4.69, 9.17) is 16.3 Å². The molecule has 2 aromatic heterocycles. The molecule has 3 aromatic rings. The number of halogens is 4. The minimum absolute atomic E-state index is 0.00853. The molecule has 4 rings (SSSR count). The summed E-state index contributed by atoms with van der Waals surface area (Å²) >= 11 is 6.23. The number of nitrogens with zero attached hydrogens (tertiary/aromatic N) is 3. The molecule has 9 nitrogen and oxygen atoms in total. The quantitative estimate of drug-likeness (QED) is 0.425. The number of fused-ring (bicyclic) bond motifs is 1. The SMILES string of the molecule is O=c1n(Cc2cc([C@@H]3O[C@H](CO)[C@@H](O)[C@H](O)[C@@H]3O)ccc2Cl)nc2ccc(C(F)(F)F)cn12. The van der Waals surface area contributed by atoms with E-state index in [2.05, 4.69) is 5.10 Å². The standard InChI is InChI=1S/C20H19ClF3N3O6/c21-12-3-1-9(18-17(31)16(30)15(29)13(8-28)33-18)5-10(12)6-27-19(32)26-7-11(20(22,23)24)2-4-14(26)25-27/h1-5,7,13,15-18,28-31H,6,8H2/t13-,15-,16+,17+,18+/m1/s1. The molecule has 0 unspecified atom stereocenters. The van der Waals surface area contributed by atoms with E-state index in [0.717, 1.165) is 21.2 Å². The van der Waals surface area contributed by atoms with Crippen LogP contribution in [-0.4, -0.2) is 65.6 Å². The second kappa shape index (κ2) is 8.70. The molecule has 1 saturated heterocycles. The summed E-state index contributed by atoms with van der Waals surface area (Å²) in [7, 11) is 0. The second-order valence-corrected chi connectivity index (χ2v) is 8.09. The van der Waals surface area contributed by atoms with Crippen LogP contribution in [0.1, 0.15) is 22.8 Å². The molecule has 0 amide bonds. The monoisotopic (exact) mass is 489 g/mol. The summed E-state index contributed by atoms with van der Waals surface area (Å²) in [6.07, 6.45) is -10.8. The molecule has 1 aliphatic heterocycles. The summed E-state index contributed by atoms with van der Waals surface area (Å²) in [6.45, 7) is -0.801. The number of benzene rings is 1. The van der Waals surface area contributed by atoms with Crippen LogP contribution in [0.3, 0.4) is 0 Å². The van der Waals surface area contributed by atoms with Crippen molar-refractivity contribution in [1.29, 1.82) is 0 Å². The molecular weight excluding hydrogens is 471 g/mol. The molecule has 4 N–H and O–H groups in total. The first-order valence-electron chi connectivity index (χ1n) is 9.76. The van der Waals surface area contributed by atoms with Crippen LogP contribution >= 0.6 is 11.6 Å². The maximum absolute atomic E-state index is 13.0. The van der Waals surface area contributed by atoms with Gasteiger partial charge >= 0.3 is 11.9 Å². The van der Waals surface area contributed by atoms with Crippen molar-refractivity contribution in [3.8, 4) is 0 Å². The number of aliphatic hydroxyl groups is 4. The molecule has 0 spiro atoms. The van der Waals surface area contributed by atoms with Gasteiger partial charge in [-0.25, -0.2) is 13.9 Å². The molecule has 0 saturated carbocycles. The zero-order valence-electron chi connectivity index (χ0n) is 16.7. The fraction of sp³-hybridized carbons (Fsp3) is 0.400. The van der Waals surface area contributed by atoms with Crippen LogP contribution in [0.2, 0.25) is 5.02 Å². The molecule has 1 fully saturated rings. The van der Waals surface area contributed by atoms with Crippen molar-refractivity contribution in [2.24, 2.45) is 0 Å². The summed E-state index contributed by atoms with van der Waals surface area (Å²) in [6, 6.07) is 6.33. The molecule has 5 atom stereocenters. The van der Waals surface area contributed by atoms with E-state index in [1.165, 1.54) is 18.2 Å². The average Bonchev–Trinajstić information content (AvgIpc) is 3.08. The van der Waals surface area contributed by atoms with Gasteiger partial charge in [0, 0.05) is 11.2 Å². The highest BCUT2D eigenvalue weighted by Crippen LogP contribution is 2.34. The van der Waals surface area contributed by atoms with E-state index in [9.17, 15) is 38.4 Å². The van der Waals surface area contributed by atoms with Gasteiger partial charge in [-0.05, 0) is 35.4 Å².